The summed E-state index contributed by atoms with van der Waals surface area (Å²) in [6.07, 6.45) is 0.839. The molecule has 2 unspecified atom stereocenters. The van der Waals surface area contributed by atoms with Gasteiger partial charge in [-0.3, -0.25) is 0 Å². The van der Waals surface area contributed by atoms with E-state index in [0.29, 0.717) is 11.7 Å². The topological polar surface area (TPSA) is 34.1 Å². The van der Waals surface area contributed by atoms with E-state index in [2.05, 4.69) is 0 Å². The predicted octanol–water partition coefficient (Wildman–Crippen LogP) is 1.86. The first-order chi connectivity index (χ1) is 5.23. The highest BCUT2D eigenvalue weighted by atomic mass is 32.2. The molecular weight excluding hydrogens is 172 g/mol. The molecule has 2 atom stereocenters. The molecule has 12 heavy (non-hydrogen) atoms. The van der Waals surface area contributed by atoms with Crippen molar-refractivity contribution >= 4 is 9.84 Å². The van der Waals surface area contributed by atoms with Crippen LogP contribution in [0.25, 0.3) is 0 Å². The summed E-state index contributed by atoms with van der Waals surface area (Å²) in [5, 5.41) is -0.125. The van der Waals surface area contributed by atoms with Gasteiger partial charge < -0.3 is 0 Å². The Labute approximate surface area is 75.3 Å². The van der Waals surface area contributed by atoms with Crippen LogP contribution in [0.2, 0.25) is 0 Å². The summed E-state index contributed by atoms with van der Waals surface area (Å²) in [6.45, 7) is 8.04. The largest absolute Gasteiger partial charge is 0.229 e. The van der Waals surface area contributed by atoms with Gasteiger partial charge in [-0.1, -0.05) is 27.7 Å². The first-order valence-electron chi connectivity index (χ1n) is 4.45. The van der Waals surface area contributed by atoms with E-state index in [1.807, 2.05) is 27.7 Å². The molecule has 1 rings (SSSR count). The molecule has 0 radical (unpaired) electrons. The molecule has 2 nitrogen and oxygen atoms in total. The third kappa shape index (κ3) is 1.82. The summed E-state index contributed by atoms with van der Waals surface area (Å²) in [5.41, 5.74) is -0.0937. The molecule has 0 aliphatic carbocycles. The number of rotatable bonds is 0. The van der Waals surface area contributed by atoms with Crippen molar-refractivity contribution in [2.45, 2.75) is 39.4 Å². The van der Waals surface area contributed by atoms with Crippen LogP contribution < -0.4 is 0 Å². The Hall–Kier alpha value is -0.0500. The molecule has 1 fully saturated rings. The van der Waals surface area contributed by atoms with E-state index in [1.165, 1.54) is 0 Å². The molecule has 1 aliphatic rings. The maximum Gasteiger partial charge on any atom is 0.153 e. The highest BCUT2D eigenvalue weighted by Crippen LogP contribution is 2.37. The Kier molecular flexibility index (Phi) is 2.28. The Morgan fingerprint density at radius 2 is 1.75 bits per heavy atom. The van der Waals surface area contributed by atoms with Gasteiger partial charge in [-0.15, -0.1) is 0 Å². The van der Waals surface area contributed by atoms with Gasteiger partial charge in [0.05, 0.1) is 11.0 Å². The third-order valence-corrected chi connectivity index (χ3v) is 5.33. The van der Waals surface area contributed by atoms with Crippen molar-refractivity contribution in [1.29, 1.82) is 0 Å². The van der Waals surface area contributed by atoms with Gasteiger partial charge in [0.15, 0.2) is 9.84 Å². The zero-order chi connectivity index (χ0) is 9.57. The lowest BCUT2D eigenvalue weighted by Gasteiger charge is -2.25. The van der Waals surface area contributed by atoms with Gasteiger partial charge in [-0.2, -0.15) is 0 Å². The maximum absolute atomic E-state index is 11.6. The van der Waals surface area contributed by atoms with Crippen molar-refractivity contribution < 1.29 is 8.42 Å². The SMILES string of the molecule is CC1CC(C(C)(C)C)S(=O)(=O)C1. The molecule has 72 valence electrons. The number of hydrogen-bond donors (Lipinski definition) is 0. The molecule has 1 saturated heterocycles. The lowest BCUT2D eigenvalue weighted by molar-refractivity contribution is 0.358. The van der Waals surface area contributed by atoms with E-state index >= 15 is 0 Å². The molecule has 0 aromatic carbocycles. The van der Waals surface area contributed by atoms with Crippen LogP contribution in [0.5, 0.6) is 0 Å². The van der Waals surface area contributed by atoms with Crippen LogP contribution in [0.1, 0.15) is 34.1 Å². The Balaban J connectivity index is 2.94. The molecule has 0 bridgehead atoms. The standard InChI is InChI=1S/C9H18O2S/c1-7-5-8(9(2,3)4)12(10,11)6-7/h7-8H,5-6H2,1-4H3. The van der Waals surface area contributed by atoms with Crippen LogP contribution in [0.15, 0.2) is 0 Å². The van der Waals surface area contributed by atoms with Crippen LogP contribution in [-0.2, 0) is 9.84 Å². The minimum atomic E-state index is -2.79. The average Bonchev–Trinajstić information content (AvgIpc) is 2.02. The maximum atomic E-state index is 11.6. The second-order valence-corrected chi connectivity index (χ2v) is 7.25. The molecule has 0 spiro atoms. The second kappa shape index (κ2) is 2.72. The molecule has 0 amide bonds. The summed E-state index contributed by atoms with van der Waals surface area (Å²) in [4.78, 5) is 0. The smallest absolute Gasteiger partial charge is 0.153 e. The van der Waals surface area contributed by atoms with E-state index in [-0.39, 0.29) is 10.7 Å². The molecule has 1 heterocycles. The van der Waals surface area contributed by atoms with Gasteiger partial charge in [0.1, 0.15) is 0 Å². The van der Waals surface area contributed by atoms with Crippen LogP contribution in [-0.4, -0.2) is 19.4 Å². The molecule has 0 saturated carbocycles. The minimum absolute atomic E-state index is 0.0937. The number of sulfone groups is 1. The van der Waals surface area contributed by atoms with Gasteiger partial charge in [0.2, 0.25) is 0 Å². The van der Waals surface area contributed by atoms with Crippen LogP contribution in [0.3, 0.4) is 0 Å². The predicted molar refractivity (Wildman–Crippen MR) is 50.8 cm³/mol. The Morgan fingerprint density at radius 1 is 1.25 bits per heavy atom. The minimum Gasteiger partial charge on any atom is -0.229 e. The van der Waals surface area contributed by atoms with Crippen LogP contribution in [0, 0.1) is 11.3 Å². The fourth-order valence-electron chi connectivity index (χ4n) is 1.99. The molecule has 1 aliphatic heterocycles. The van der Waals surface area contributed by atoms with Gasteiger partial charge in [-0.05, 0) is 17.8 Å². The van der Waals surface area contributed by atoms with E-state index in [0.717, 1.165) is 6.42 Å². The molecule has 3 heteroatoms. The Bertz CT molecular complexity index is 259. The van der Waals surface area contributed by atoms with Crippen molar-refractivity contribution in [3.63, 3.8) is 0 Å². The van der Waals surface area contributed by atoms with E-state index in [1.54, 1.807) is 0 Å². The zero-order valence-electron chi connectivity index (χ0n) is 8.29. The first kappa shape index (κ1) is 10.0. The van der Waals surface area contributed by atoms with Crippen molar-refractivity contribution in [1.82, 2.24) is 0 Å². The van der Waals surface area contributed by atoms with Crippen molar-refractivity contribution in [2.75, 3.05) is 5.75 Å². The van der Waals surface area contributed by atoms with Crippen LogP contribution in [0.4, 0.5) is 0 Å². The highest BCUT2D eigenvalue weighted by Gasteiger charge is 2.42. The fraction of sp³-hybridized carbons (Fsp3) is 1.00. The van der Waals surface area contributed by atoms with Crippen LogP contribution >= 0.6 is 0 Å². The fourth-order valence-corrected chi connectivity index (χ4v) is 4.85. The summed E-state index contributed by atoms with van der Waals surface area (Å²) in [6, 6.07) is 0. The second-order valence-electron chi connectivity index (χ2n) is 5.03. The van der Waals surface area contributed by atoms with E-state index in [4.69, 9.17) is 0 Å². The molecule has 0 aromatic rings. The van der Waals surface area contributed by atoms with Crippen molar-refractivity contribution in [3.05, 3.63) is 0 Å². The van der Waals surface area contributed by atoms with Crippen molar-refractivity contribution in [2.24, 2.45) is 11.3 Å². The lowest BCUT2D eigenvalue weighted by atomic mass is 9.87. The summed E-state index contributed by atoms with van der Waals surface area (Å²) < 4.78 is 23.2. The highest BCUT2D eigenvalue weighted by molar-refractivity contribution is 7.92. The monoisotopic (exact) mass is 190 g/mol. The average molecular weight is 190 g/mol. The number of hydrogen-bond acceptors (Lipinski definition) is 2. The quantitative estimate of drug-likeness (QED) is 0.584. The third-order valence-electron chi connectivity index (χ3n) is 2.53. The molecule has 0 aromatic heterocycles. The van der Waals surface area contributed by atoms with Gasteiger partial charge >= 0.3 is 0 Å². The first-order valence-corrected chi connectivity index (χ1v) is 6.16. The van der Waals surface area contributed by atoms with Gasteiger partial charge in [-0.25, -0.2) is 8.42 Å². The van der Waals surface area contributed by atoms with Gasteiger partial charge in [0, 0.05) is 0 Å². The summed E-state index contributed by atoms with van der Waals surface area (Å²) >= 11 is 0. The summed E-state index contributed by atoms with van der Waals surface area (Å²) in [5.74, 6) is 0.730. The van der Waals surface area contributed by atoms with Crippen molar-refractivity contribution in [3.8, 4) is 0 Å². The zero-order valence-corrected chi connectivity index (χ0v) is 9.11. The lowest BCUT2D eigenvalue weighted by Crippen LogP contribution is -2.30. The Morgan fingerprint density at radius 3 is 1.92 bits per heavy atom. The molecule has 0 N–H and O–H groups in total. The van der Waals surface area contributed by atoms with E-state index in [9.17, 15) is 8.42 Å². The summed E-state index contributed by atoms with van der Waals surface area (Å²) in [7, 11) is -2.79. The van der Waals surface area contributed by atoms with E-state index < -0.39 is 9.84 Å². The molecular formula is C9H18O2S. The normalized spacial score (nSPS) is 35.3. The van der Waals surface area contributed by atoms with Gasteiger partial charge in [0.25, 0.3) is 0 Å².